The van der Waals surface area contributed by atoms with Gasteiger partial charge in [-0.05, 0) is 43.4 Å². The number of ether oxygens (including phenoxy) is 1. The van der Waals surface area contributed by atoms with E-state index >= 15 is 0 Å². The van der Waals surface area contributed by atoms with Crippen molar-refractivity contribution in [3.63, 3.8) is 0 Å². The maximum Gasteiger partial charge on any atom is 0.223 e. The number of carbonyl (C=O) groups excluding carboxylic acids is 1. The van der Waals surface area contributed by atoms with Crippen LogP contribution < -0.4 is 10.1 Å². The number of nitrogens with one attached hydrogen (secondary N) is 1. The van der Waals surface area contributed by atoms with Gasteiger partial charge in [0, 0.05) is 18.3 Å². The Kier molecular flexibility index (Phi) is 6.67. The average Bonchev–Trinajstić information content (AvgIpc) is 2.61. The number of hydrogen-bond acceptors (Lipinski definition) is 4. The van der Waals surface area contributed by atoms with Gasteiger partial charge in [0.1, 0.15) is 11.4 Å². The number of unbranched alkanes of at least 4 members (excludes halogenated alkanes) is 1. The highest BCUT2D eigenvalue weighted by atomic mass is 35.5. The molecule has 0 spiro atoms. The maximum atomic E-state index is 12.6. The van der Waals surface area contributed by atoms with Gasteiger partial charge < -0.3 is 10.1 Å². The topological polar surface area (TPSA) is 64.1 Å². The van der Waals surface area contributed by atoms with Crippen LogP contribution in [0.1, 0.15) is 61.9 Å². The molecule has 1 heterocycles. The number of amides is 1. The third kappa shape index (κ3) is 4.78. The van der Waals surface area contributed by atoms with Gasteiger partial charge in [-0.2, -0.15) is 0 Å². The predicted octanol–water partition coefficient (Wildman–Crippen LogP) is 4.62. The van der Waals surface area contributed by atoms with Crippen LogP contribution in [0.15, 0.2) is 30.6 Å². The van der Waals surface area contributed by atoms with Crippen LogP contribution in [0.2, 0.25) is 5.15 Å². The second-order valence-electron chi connectivity index (χ2n) is 7.03. The van der Waals surface area contributed by atoms with Crippen molar-refractivity contribution in [3.05, 3.63) is 52.6 Å². The smallest absolute Gasteiger partial charge is 0.223 e. The highest BCUT2D eigenvalue weighted by molar-refractivity contribution is 6.30. The van der Waals surface area contributed by atoms with E-state index in [1.807, 2.05) is 25.1 Å². The molecule has 0 bridgehead atoms. The van der Waals surface area contributed by atoms with E-state index in [4.69, 9.17) is 16.3 Å². The van der Waals surface area contributed by atoms with Gasteiger partial charge in [-0.15, -0.1) is 0 Å². The zero-order chi connectivity index (χ0) is 19.2. The van der Waals surface area contributed by atoms with Crippen molar-refractivity contribution in [2.45, 2.75) is 52.0 Å². The molecule has 2 aromatic rings. The Morgan fingerprint density at radius 1 is 1.33 bits per heavy atom. The van der Waals surface area contributed by atoms with E-state index < -0.39 is 6.04 Å². The molecular weight excluding hydrogens is 362 g/mol. The summed E-state index contributed by atoms with van der Waals surface area (Å²) >= 11 is 6.30. The molecule has 1 unspecified atom stereocenters. The lowest BCUT2D eigenvalue weighted by atomic mass is 9.84. The molecule has 1 atom stereocenters. The van der Waals surface area contributed by atoms with Gasteiger partial charge in [-0.3, -0.25) is 9.78 Å². The first-order valence-electron chi connectivity index (χ1n) is 9.60. The summed E-state index contributed by atoms with van der Waals surface area (Å²) < 4.78 is 5.94. The van der Waals surface area contributed by atoms with Gasteiger partial charge in [0.05, 0.1) is 12.6 Å². The first kappa shape index (κ1) is 19.6. The van der Waals surface area contributed by atoms with E-state index in [9.17, 15) is 4.79 Å². The number of benzene rings is 1. The molecule has 1 amide bonds. The third-order valence-electron chi connectivity index (χ3n) is 5.02. The van der Waals surface area contributed by atoms with E-state index in [0.29, 0.717) is 17.5 Å². The molecule has 1 aromatic heterocycles. The number of hydrogen-bond donors (Lipinski definition) is 1. The lowest BCUT2D eigenvalue weighted by Crippen LogP contribution is -2.37. The lowest BCUT2D eigenvalue weighted by molar-refractivity contribution is -0.127. The van der Waals surface area contributed by atoms with Gasteiger partial charge in [-0.1, -0.05) is 43.5 Å². The van der Waals surface area contributed by atoms with Crippen molar-refractivity contribution >= 4 is 17.5 Å². The minimum Gasteiger partial charge on any atom is -0.493 e. The van der Waals surface area contributed by atoms with Gasteiger partial charge in [0.2, 0.25) is 5.91 Å². The molecule has 3 rings (SSSR count). The molecule has 0 radical (unpaired) electrons. The molecule has 27 heavy (non-hydrogen) atoms. The lowest BCUT2D eigenvalue weighted by Gasteiger charge is -2.28. The zero-order valence-corrected chi connectivity index (χ0v) is 16.6. The largest absolute Gasteiger partial charge is 0.493 e. The van der Waals surface area contributed by atoms with E-state index in [1.165, 1.54) is 0 Å². The van der Waals surface area contributed by atoms with Crippen LogP contribution in [0, 0.1) is 12.8 Å². The van der Waals surface area contributed by atoms with Crippen molar-refractivity contribution < 1.29 is 9.53 Å². The Morgan fingerprint density at radius 3 is 2.78 bits per heavy atom. The molecule has 1 aliphatic rings. The molecule has 6 heteroatoms. The molecule has 1 N–H and O–H groups in total. The third-order valence-corrected chi connectivity index (χ3v) is 5.31. The summed E-state index contributed by atoms with van der Waals surface area (Å²) in [6.07, 6.45) is 8.20. The highest BCUT2D eigenvalue weighted by Crippen LogP contribution is 2.32. The van der Waals surface area contributed by atoms with Gasteiger partial charge >= 0.3 is 0 Å². The second-order valence-corrected chi connectivity index (χ2v) is 7.39. The Hall–Kier alpha value is -2.14. The standard InChI is InChI=1S/C21H26ClN3O2/c1-3-4-12-27-17-13-16(9-8-14(17)2)18(19-20(22)24-11-10-23-19)25-21(26)15-6-5-7-15/h8-11,13,15,18H,3-7,12H2,1-2H3,(H,25,26). The Labute approximate surface area is 165 Å². The van der Waals surface area contributed by atoms with Crippen LogP contribution in [0.5, 0.6) is 5.75 Å². The summed E-state index contributed by atoms with van der Waals surface area (Å²) in [7, 11) is 0. The molecule has 0 aliphatic heterocycles. The van der Waals surface area contributed by atoms with Crippen LogP contribution >= 0.6 is 11.6 Å². The first-order valence-corrected chi connectivity index (χ1v) is 9.98. The number of carbonyl (C=O) groups is 1. The summed E-state index contributed by atoms with van der Waals surface area (Å²) in [6, 6.07) is 5.51. The van der Waals surface area contributed by atoms with Crippen LogP contribution in [0.3, 0.4) is 0 Å². The number of aryl methyl sites for hydroxylation is 1. The van der Waals surface area contributed by atoms with Crippen molar-refractivity contribution in [1.82, 2.24) is 15.3 Å². The summed E-state index contributed by atoms with van der Waals surface area (Å²) in [6.45, 7) is 4.82. The Balaban J connectivity index is 1.91. The summed E-state index contributed by atoms with van der Waals surface area (Å²) in [5, 5.41) is 3.42. The van der Waals surface area contributed by atoms with Gasteiger partial charge in [0.15, 0.2) is 5.15 Å². The van der Waals surface area contributed by atoms with Crippen molar-refractivity contribution in [2.75, 3.05) is 6.61 Å². The highest BCUT2D eigenvalue weighted by Gasteiger charge is 2.29. The monoisotopic (exact) mass is 387 g/mol. The molecule has 1 aromatic carbocycles. The van der Waals surface area contributed by atoms with E-state index in [-0.39, 0.29) is 11.8 Å². The fourth-order valence-corrected chi connectivity index (χ4v) is 3.26. The zero-order valence-electron chi connectivity index (χ0n) is 15.9. The second kappa shape index (κ2) is 9.18. The summed E-state index contributed by atoms with van der Waals surface area (Å²) in [5.74, 6) is 0.944. The number of halogens is 1. The van der Waals surface area contributed by atoms with Crippen LogP contribution in [-0.2, 0) is 4.79 Å². The predicted molar refractivity (Wildman–Crippen MR) is 106 cm³/mol. The Morgan fingerprint density at radius 2 is 2.11 bits per heavy atom. The fraction of sp³-hybridized carbons (Fsp3) is 0.476. The normalized spacial score (nSPS) is 15.1. The molecule has 1 fully saturated rings. The minimum absolute atomic E-state index is 0.0435. The van der Waals surface area contributed by atoms with Crippen LogP contribution in [0.4, 0.5) is 0 Å². The molecule has 1 saturated carbocycles. The molecule has 144 valence electrons. The van der Waals surface area contributed by atoms with Gasteiger partial charge in [0.25, 0.3) is 0 Å². The molecule has 0 saturated heterocycles. The maximum absolute atomic E-state index is 12.6. The van der Waals surface area contributed by atoms with Crippen LogP contribution in [-0.4, -0.2) is 22.5 Å². The van der Waals surface area contributed by atoms with E-state index in [0.717, 1.165) is 49.0 Å². The van der Waals surface area contributed by atoms with Gasteiger partial charge in [-0.25, -0.2) is 4.98 Å². The number of rotatable bonds is 8. The van der Waals surface area contributed by atoms with E-state index in [2.05, 4.69) is 22.2 Å². The fourth-order valence-electron chi connectivity index (χ4n) is 3.04. The summed E-state index contributed by atoms with van der Waals surface area (Å²) in [4.78, 5) is 21.1. The van der Waals surface area contributed by atoms with Crippen LogP contribution in [0.25, 0.3) is 0 Å². The molecular formula is C21H26ClN3O2. The van der Waals surface area contributed by atoms with Crippen molar-refractivity contribution in [1.29, 1.82) is 0 Å². The average molecular weight is 388 g/mol. The first-order chi connectivity index (χ1) is 13.1. The van der Waals surface area contributed by atoms with Crippen molar-refractivity contribution in [2.24, 2.45) is 5.92 Å². The number of nitrogens with zero attached hydrogens (tertiary/aromatic N) is 2. The summed E-state index contributed by atoms with van der Waals surface area (Å²) in [5.41, 5.74) is 2.50. The molecule has 5 nitrogen and oxygen atoms in total. The minimum atomic E-state index is -0.451. The number of aromatic nitrogens is 2. The molecule has 1 aliphatic carbocycles. The quantitative estimate of drug-likeness (QED) is 0.671. The van der Waals surface area contributed by atoms with Crippen molar-refractivity contribution in [3.8, 4) is 5.75 Å². The van der Waals surface area contributed by atoms with E-state index in [1.54, 1.807) is 12.4 Å². The Bertz CT molecular complexity index is 793. The SMILES string of the molecule is CCCCOc1cc(C(NC(=O)C2CCC2)c2nccnc2Cl)ccc1C.